The van der Waals surface area contributed by atoms with E-state index in [1.165, 1.54) is 51.4 Å². The number of carbonyl (C=O) groups is 1. The van der Waals surface area contributed by atoms with Gasteiger partial charge in [0.15, 0.2) is 0 Å². The third-order valence-electron chi connectivity index (χ3n) is 8.85. The highest BCUT2D eigenvalue weighted by atomic mass is 16.1. The van der Waals surface area contributed by atoms with E-state index in [1.807, 2.05) is 0 Å². The lowest BCUT2D eigenvalue weighted by atomic mass is 9.60. The van der Waals surface area contributed by atoms with Crippen LogP contribution >= 0.6 is 0 Å². The zero-order chi connectivity index (χ0) is 17.4. The first-order valence-electron chi connectivity index (χ1n) is 10.9. The van der Waals surface area contributed by atoms with Crippen LogP contribution in [0.5, 0.6) is 0 Å². The molecule has 0 aliphatic heterocycles. The Bertz CT molecular complexity index is 451. The number of fused-ring (bicyclic) bond motifs is 2. The molecule has 0 aromatic carbocycles. The van der Waals surface area contributed by atoms with Crippen molar-refractivity contribution in [1.29, 1.82) is 0 Å². The first kappa shape index (κ1) is 18.5. The molecule has 1 nitrogen and oxygen atoms in total. The molecule has 5 unspecified atom stereocenters. The van der Waals surface area contributed by atoms with Crippen molar-refractivity contribution in [2.75, 3.05) is 0 Å². The Morgan fingerprint density at radius 2 is 1.83 bits per heavy atom. The summed E-state index contributed by atoms with van der Waals surface area (Å²) in [6, 6.07) is 0. The largest absolute Gasteiger partial charge is 0.300 e. The molecule has 5 atom stereocenters. The van der Waals surface area contributed by atoms with Crippen molar-refractivity contribution in [2.45, 2.75) is 105 Å². The molecule has 2 bridgehead atoms. The van der Waals surface area contributed by atoms with E-state index < -0.39 is 0 Å². The number of Topliss-reactive ketones (excluding diaryl/α,β-unsaturated/α-hetero) is 1. The van der Waals surface area contributed by atoms with Crippen LogP contribution in [0.3, 0.4) is 0 Å². The van der Waals surface area contributed by atoms with E-state index in [1.54, 1.807) is 0 Å². The van der Waals surface area contributed by atoms with Crippen LogP contribution < -0.4 is 0 Å². The molecule has 0 aromatic heterocycles. The summed E-state index contributed by atoms with van der Waals surface area (Å²) >= 11 is 0. The lowest BCUT2D eigenvalue weighted by molar-refractivity contribution is -0.119. The average molecular weight is 333 g/mol. The summed E-state index contributed by atoms with van der Waals surface area (Å²) in [7, 11) is 0. The van der Waals surface area contributed by atoms with Crippen LogP contribution in [0, 0.1) is 34.5 Å². The third-order valence-corrected chi connectivity index (χ3v) is 8.85. The molecular formula is C23H40O. The predicted molar refractivity (Wildman–Crippen MR) is 102 cm³/mol. The molecule has 24 heavy (non-hydrogen) atoms. The molecule has 0 heterocycles. The lowest BCUT2D eigenvalue weighted by Crippen LogP contribution is -2.37. The van der Waals surface area contributed by atoms with Crippen LogP contribution in [-0.4, -0.2) is 5.78 Å². The summed E-state index contributed by atoms with van der Waals surface area (Å²) in [5.41, 5.74) is 1.17. The summed E-state index contributed by atoms with van der Waals surface area (Å²) < 4.78 is 0. The highest BCUT2D eigenvalue weighted by Gasteiger charge is 2.62. The summed E-state index contributed by atoms with van der Waals surface area (Å²) in [6.07, 6.45) is 15.4. The van der Waals surface area contributed by atoms with Gasteiger partial charge in [-0.25, -0.2) is 0 Å². The predicted octanol–water partition coefficient (Wildman–Crippen LogP) is 6.79. The summed E-state index contributed by atoms with van der Waals surface area (Å²) in [5, 5.41) is 0. The molecule has 3 fully saturated rings. The van der Waals surface area contributed by atoms with Gasteiger partial charge >= 0.3 is 0 Å². The van der Waals surface area contributed by atoms with E-state index in [4.69, 9.17) is 0 Å². The Labute approximate surface area is 150 Å². The molecule has 3 aliphatic rings. The topological polar surface area (TPSA) is 17.1 Å². The zero-order valence-electron chi connectivity index (χ0n) is 16.7. The van der Waals surface area contributed by atoms with Crippen LogP contribution in [-0.2, 0) is 4.79 Å². The number of hydrogen-bond donors (Lipinski definition) is 0. The van der Waals surface area contributed by atoms with Crippen molar-refractivity contribution in [3.8, 4) is 0 Å². The van der Waals surface area contributed by atoms with Gasteiger partial charge < -0.3 is 0 Å². The number of ketones is 1. The van der Waals surface area contributed by atoms with E-state index in [0.717, 1.165) is 49.4 Å². The molecule has 3 aliphatic carbocycles. The first-order valence-corrected chi connectivity index (χ1v) is 10.9. The van der Waals surface area contributed by atoms with E-state index in [9.17, 15) is 4.79 Å². The highest BCUT2D eigenvalue weighted by molar-refractivity contribution is 5.78. The van der Waals surface area contributed by atoms with Gasteiger partial charge in [-0.15, -0.1) is 0 Å². The minimum absolute atomic E-state index is 0.493. The van der Waals surface area contributed by atoms with Crippen molar-refractivity contribution in [3.63, 3.8) is 0 Å². The average Bonchev–Trinajstić information content (AvgIpc) is 2.88. The van der Waals surface area contributed by atoms with Gasteiger partial charge in [-0.1, -0.05) is 53.4 Å². The molecular weight excluding hydrogens is 292 g/mol. The van der Waals surface area contributed by atoms with E-state index in [2.05, 4.69) is 27.7 Å². The number of hydrogen-bond acceptors (Lipinski definition) is 1. The third kappa shape index (κ3) is 3.21. The van der Waals surface area contributed by atoms with Gasteiger partial charge in [-0.05, 0) is 73.0 Å². The van der Waals surface area contributed by atoms with Gasteiger partial charge in [0, 0.05) is 12.8 Å². The number of rotatable bonds is 7. The van der Waals surface area contributed by atoms with E-state index >= 15 is 0 Å². The molecule has 3 saturated carbocycles. The van der Waals surface area contributed by atoms with Crippen molar-refractivity contribution < 1.29 is 4.79 Å². The maximum absolute atomic E-state index is 11.8. The van der Waals surface area contributed by atoms with Crippen molar-refractivity contribution in [1.82, 2.24) is 0 Å². The van der Waals surface area contributed by atoms with Gasteiger partial charge in [-0.2, -0.15) is 0 Å². The fraction of sp³-hybridized carbons (Fsp3) is 0.957. The van der Waals surface area contributed by atoms with E-state index in [-0.39, 0.29) is 0 Å². The maximum atomic E-state index is 11.8. The summed E-state index contributed by atoms with van der Waals surface area (Å²) in [4.78, 5) is 11.8. The Balaban J connectivity index is 1.52. The normalized spacial score (nSPS) is 40.8. The fourth-order valence-electron chi connectivity index (χ4n) is 6.93. The van der Waals surface area contributed by atoms with Crippen LogP contribution in [0.2, 0.25) is 0 Å². The quantitative estimate of drug-likeness (QED) is 0.501. The van der Waals surface area contributed by atoms with Crippen molar-refractivity contribution in [2.24, 2.45) is 34.5 Å². The Morgan fingerprint density at radius 1 is 1.04 bits per heavy atom. The van der Waals surface area contributed by atoms with Crippen LogP contribution in [0.15, 0.2) is 0 Å². The summed E-state index contributed by atoms with van der Waals surface area (Å²) in [6.45, 7) is 9.85. The second kappa shape index (κ2) is 7.12. The minimum Gasteiger partial charge on any atom is -0.300 e. The first-order chi connectivity index (χ1) is 11.4. The highest BCUT2D eigenvalue weighted by Crippen LogP contribution is 2.70. The SMILES string of the molecule is CCCC(=O)CCCC1CCCC(C2CC3CCC2(C)C3(C)C)C1. The molecule has 0 aromatic rings. The monoisotopic (exact) mass is 332 g/mol. The molecule has 1 heteroatoms. The van der Waals surface area contributed by atoms with Crippen molar-refractivity contribution >= 4 is 5.78 Å². The van der Waals surface area contributed by atoms with Crippen LogP contribution in [0.1, 0.15) is 105 Å². The van der Waals surface area contributed by atoms with Gasteiger partial charge in [0.2, 0.25) is 0 Å². The molecule has 0 amide bonds. The molecule has 0 N–H and O–H groups in total. The molecule has 0 saturated heterocycles. The summed E-state index contributed by atoms with van der Waals surface area (Å²) in [5.74, 6) is 4.34. The second-order valence-corrected chi connectivity index (χ2v) is 10.2. The van der Waals surface area contributed by atoms with Gasteiger partial charge in [0.1, 0.15) is 5.78 Å². The molecule has 3 rings (SSSR count). The fourth-order valence-corrected chi connectivity index (χ4v) is 6.93. The zero-order valence-corrected chi connectivity index (χ0v) is 16.7. The Morgan fingerprint density at radius 3 is 2.46 bits per heavy atom. The van der Waals surface area contributed by atoms with Gasteiger partial charge in [0.05, 0.1) is 0 Å². The second-order valence-electron chi connectivity index (χ2n) is 10.2. The number of carbonyl (C=O) groups excluding carboxylic acids is 1. The lowest BCUT2D eigenvalue weighted by Gasteiger charge is -2.45. The van der Waals surface area contributed by atoms with Crippen LogP contribution in [0.25, 0.3) is 0 Å². The minimum atomic E-state index is 0.493. The van der Waals surface area contributed by atoms with Crippen molar-refractivity contribution in [3.05, 3.63) is 0 Å². The van der Waals surface area contributed by atoms with E-state index in [0.29, 0.717) is 16.6 Å². The Kier molecular flexibility index (Phi) is 5.48. The maximum Gasteiger partial charge on any atom is 0.132 e. The van der Waals surface area contributed by atoms with Gasteiger partial charge in [0.25, 0.3) is 0 Å². The van der Waals surface area contributed by atoms with Gasteiger partial charge in [-0.3, -0.25) is 4.79 Å². The molecule has 0 spiro atoms. The standard InChI is InChI=1S/C23H40O/c1-5-8-20(24)12-7-10-17-9-6-11-18(15-17)21-16-19-13-14-23(21,4)22(19,2)3/h17-19,21H,5-16H2,1-4H3. The molecule has 138 valence electrons. The van der Waals surface area contributed by atoms with Crippen LogP contribution in [0.4, 0.5) is 0 Å². The molecule has 0 radical (unpaired) electrons. The Hall–Kier alpha value is -0.330. The smallest absolute Gasteiger partial charge is 0.132 e.